The average Bonchev–Trinajstić information content (AvgIpc) is 2.82. The van der Waals surface area contributed by atoms with E-state index in [4.69, 9.17) is 11.6 Å². The summed E-state index contributed by atoms with van der Waals surface area (Å²) >= 11 is 6.10. The van der Waals surface area contributed by atoms with Crippen molar-refractivity contribution in [2.75, 3.05) is 0 Å². The maximum absolute atomic E-state index is 13.4. The summed E-state index contributed by atoms with van der Waals surface area (Å²) in [7, 11) is 0. The predicted octanol–water partition coefficient (Wildman–Crippen LogP) is 6.30. The molecule has 0 bridgehead atoms. The number of benzene rings is 3. The van der Waals surface area contributed by atoms with Crippen molar-refractivity contribution < 1.29 is 4.79 Å². The Morgan fingerprint density at radius 3 is 2.00 bits per heavy atom. The molecule has 2 atom stereocenters. The highest BCUT2D eigenvalue weighted by molar-refractivity contribution is 6.30. The second-order valence-corrected chi connectivity index (χ2v) is 8.11. The van der Waals surface area contributed by atoms with Crippen molar-refractivity contribution in [2.24, 2.45) is 5.41 Å². The lowest BCUT2D eigenvalue weighted by Gasteiger charge is -2.41. The van der Waals surface area contributed by atoms with Crippen LogP contribution in [-0.2, 0) is 4.79 Å². The van der Waals surface area contributed by atoms with Crippen LogP contribution in [0, 0.1) is 28.1 Å². The molecule has 3 aromatic carbocycles. The lowest BCUT2D eigenvalue weighted by atomic mass is 9.55. The van der Waals surface area contributed by atoms with Gasteiger partial charge in [0.25, 0.3) is 0 Å². The lowest BCUT2D eigenvalue weighted by molar-refractivity contribution is -0.118. The van der Waals surface area contributed by atoms with E-state index in [1.54, 1.807) is 24.3 Å². The smallest absolute Gasteiger partial charge is 0.161 e. The summed E-state index contributed by atoms with van der Waals surface area (Å²) in [6, 6.07) is 30.6. The zero-order valence-corrected chi connectivity index (χ0v) is 17.5. The second kappa shape index (κ2) is 8.60. The molecule has 3 nitrogen and oxygen atoms in total. The third kappa shape index (κ3) is 3.77. The molecule has 1 saturated carbocycles. The van der Waals surface area contributed by atoms with Crippen LogP contribution >= 0.6 is 11.6 Å². The molecule has 0 radical (unpaired) electrons. The first-order valence-electron chi connectivity index (χ1n) is 10.0. The number of carbonyl (C=O) groups is 1. The molecular formula is C27H19ClN2O. The van der Waals surface area contributed by atoms with Crippen molar-refractivity contribution in [1.82, 2.24) is 0 Å². The molecule has 0 unspecified atom stereocenters. The minimum Gasteiger partial charge on any atom is -0.295 e. The summed E-state index contributed by atoms with van der Waals surface area (Å²) in [6.45, 7) is 0. The van der Waals surface area contributed by atoms with E-state index in [0.29, 0.717) is 10.6 Å². The van der Waals surface area contributed by atoms with E-state index >= 15 is 0 Å². The van der Waals surface area contributed by atoms with Gasteiger partial charge < -0.3 is 0 Å². The maximum atomic E-state index is 13.4. The summed E-state index contributed by atoms with van der Waals surface area (Å²) in [5, 5.41) is 21.3. The van der Waals surface area contributed by atoms with Gasteiger partial charge in [-0.1, -0.05) is 84.4 Å². The van der Waals surface area contributed by atoms with Crippen LogP contribution in [0.1, 0.15) is 34.9 Å². The van der Waals surface area contributed by atoms with Gasteiger partial charge in [0.2, 0.25) is 0 Å². The van der Waals surface area contributed by atoms with E-state index < -0.39 is 17.3 Å². The van der Waals surface area contributed by atoms with Crippen LogP contribution in [0.3, 0.4) is 0 Å². The number of halogens is 1. The van der Waals surface area contributed by atoms with Crippen LogP contribution in [-0.4, -0.2) is 5.78 Å². The molecule has 0 saturated heterocycles. The van der Waals surface area contributed by atoms with Gasteiger partial charge in [0.15, 0.2) is 11.2 Å². The molecule has 0 amide bonds. The second-order valence-electron chi connectivity index (χ2n) is 7.68. The van der Waals surface area contributed by atoms with Gasteiger partial charge in [0.1, 0.15) is 0 Å². The van der Waals surface area contributed by atoms with E-state index in [1.165, 1.54) is 0 Å². The summed E-state index contributed by atoms with van der Waals surface area (Å²) in [4.78, 5) is 13.4. The Hall–Kier alpha value is -3.66. The van der Waals surface area contributed by atoms with Gasteiger partial charge in [0, 0.05) is 28.9 Å². The monoisotopic (exact) mass is 422 g/mol. The van der Waals surface area contributed by atoms with Crippen LogP contribution in [0.5, 0.6) is 0 Å². The molecule has 4 heteroatoms. The molecule has 1 aliphatic rings. The maximum Gasteiger partial charge on any atom is 0.161 e. The normalized spacial score (nSPS) is 21.3. The number of hydrogen-bond acceptors (Lipinski definition) is 3. The third-order valence-electron chi connectivity index (χ3n) is 5.92. The standard InChI is InChI=1S/C27H19ClN2O/c28-22-13-11-21(12-14-22)26-23(15-19-7-3-1-4-8-19)25(31)16-24(27(26,17-29)18-30)20-9-5-2-6-10-20/h1-15,24,26H,16H2/b23-15-/t24-,26-/m1/s1. The lowest BCUT2D eigenvalue weighted by Crippen LogP contribution is -2.41. The van der Waals surface area contributed by atoms with Crippen LogP contribution in [0.4, 0.5) is 0 Å². The molecule has 0 heterocycles. The molecule has 1 aliphatic carbocycles. The summed E-state index contributed by atoms with van der Waals surface area (Å²) in [5.41, 5.74) is 1.43. The quantitative estimate of drug-likeness (QED) is 0.465. The van der Waals surface area contributed by atoms with Crippen molar-refractivity contribution in [1.29, 1.82) is 10.5 Å². The predicted molar refractivity (Wildman–Crippen MR) is 121 cm³/mol. The minimum absolute atomic E-state index is 0.0567. The van der Waals surface area contributed by atoms with Gasteiger partial charge >= 0.3 is 0 Å². The zero-order chi connectivity index (χ0) is 21.8. The topological polar surface area (TPSA) is 64.7 Å². The fourth-order valence-corrected chi connectivity index (χ4v) is 4.56. The van der Waals surface area contributed by atoms with Gasteiger partial charge in [-0.25, -0.2) is 0 Å². The average molecular weight is 423 g/mol. The number of nitrogens with zero attached hydrogens (tertiary/aromatic N) is 2. The molecule has 0 aliphatic heterocycles. The Labute approximate surface area is 186 Å². The Morgan fingerprint density at radius 2 is 1.42 bits per heavy atom. The molecule has 4 rings (SSSR count). The highest BCUT2D eigenvalue weighted by atomic mass is 35.5. The largest absolute Gasteiger partial charge is 0.295 e. The Morgan fingerprint density at radius 1 is 0.839 bits per heavy atom. The highest BCUT2D eigenvalue weighted by Gasteiger charge is 2.55. The molecule has 3 aromatic rings. The SMILES string of the molecule is N#CC1(C#N)[C@@H](c2ccccc2)CC(=O)/C(=C/c2ccccc2)[C@H]1c1ccc(Cl)cc1. The number of nitriles is 2. The van der Waals surface area contributed by atoms with Gasteiger partial charge in [-0.05, 0) is 34.9 Å². The molecule has 150 valence electrons. The first-order valence-corrected chi connectivity index (χ1v) is 10.4. The zero-order valence-electron chi connectivity index (χ0n) is 16.7. The van der Waals surface area contributed by atoms with Crippen LogP contribution in [0.2, 0.25) is 5.02 Å². The van der Waals surface area contributed by atoms with Crippen LogP contribution in [0.15, 0.2) is 90.5 Å². The van der Waals surface area contributed by atoms with Crippen LogP contribution < -0.4 is 0 Å². The fraction of sp³-hybridized carbons (Fsp3) is 0.148. The summed E-state index contributed by atoms with van der Waals surface area (Å²) in [5.74, 6) is -1.30. The van der Waals surface area contributed by atoms with Crippen LogP contribution in [0.25, 0.3) is 6.08 Å². The number of carbonyl (C=O) groups excluding carboxylic acids is 1. The molecule has 31 heavy (non-hydrogen) atoms. The first kappa shape index (κ1) is 20.6. The Bertz CT molecular complexity index is 1190. The summed E-state index contributed by atoms with van der Waals surface area (Å²) < 4.78 is 0. The first-order chi connectivity index (χ1) is 15.1. The van der Waals surface area contributed by atoms with E-state index in [-0.39, 0.29) is 12.2 Å². The van der Waals surface area contributed by atoms with Gasteiger partial charge in [-0.15, -0.1) is 0 Å². The molecular weight excluding hydrogens is 404 g/mol. The molecule has 0 N–H and O–H groups in total. The van der Waals surface area contributed by atoms with Crippen molar-refractivity contribution in [2.45, 2.75) is 18.3 Å². The molecule has 1 fully saturated rings. The van der Waals surface area contributed by atoms with Gasteiger partial charge in [0.05, 0.1) is 12.1 Å². The Kier molecular flexibility index (Phi) is 5.72. The number of rotatable bonds is 3. The minimum atomic E-state index is -1.44. The Balaban J connectivity index is 1.97. The van der Waals surface area contributed by atoms with Crippen molar-refractivity contribution in [3.05, 3.63) is 112 Å². The van der Waals surface area contributed by atoms with Crippen molar-refractivity contribution >= 4 is 23.5 Å². The van der Waals surface area contributed by atoms with Gasteiger partial charge in [-0.3, -0.25) is 4.79 Å². The molecule has 0 spiro atoms. The fourth-order valence-electron chi connectivity index (χ4n) is 4.44. The van der Waals surface area contributed by atoms with Crippen molar-refractivity contribution in [3.8, 4) is 12.1 Å². The van der Waals surface area contributed by atoms with E-state index in [0.717, 1.165) is 16.7 Å². The number of Topliss-reactive ketones (excluding diaryl/α,β-unsaturated/α-hetero) is 1. The molecule has 0 aromatic heterocycles. The van der Waals surface area contributed by atoms with Gasteiger partial charge in [-0.2, -0.15) is 10.5 Å². The van der Waals surface area contributed by atoms with E-state index in [2.05, 4.69) is 12.1 Å². The van der Waals surface area contributed by atoms with E-state index in [1.807, 2.05) is 66.7 Å². The highest BCUT2D eigenvalue weighted by Crippen LogP contribution is 2.55. The number of allylic oxidation sites excluding steroid dienone is 1. The third-order valence-corrected chi connectivity index (χ3v) is 6.18. The van der Waals surface area contributed by atoms with E-state index in [9.17, 15) is 15.3 Å². The number of ketones is 1. The summed E-state index contributed by atoms with van der Waals surface area (Å²) in [6.07, 6.45) is 1.92. The van der Waals surface area contributed by atoms with Crippen molar-refractivity contribution in [3.63, 3.8) is 0 Å². The number of hydrogen-bond donors (Lipinski definition) is 0.